The molecule has 0 aliphatic rings. The molecule has 0 atom stereocenters. The van der Waals surface area contributed by atoms with Gasteiger partial charge in [0.1, 0.15) is 5.75 Å². The van der Waals surface area contributed by atoms with Gasteiger partial charge in [-0.15, -0.1) is 0 Å². The van der Waals surface area contributed by atoms with E-state index in [4.69, 9.17) is 16.3 Å². The topological polar surface area (TPSA) is 84.5 Å². The predicted octanol–water partition coefficient (Wildman–Crippen LogP) is 4.37. The Morgan fingerprint density at radius 1 is 1.17 bits per heavy atom. The van der Waals surface area contributed by atoms with Crippen molar-refractivity contribution in [2.24, 2.45) is 0 Å². The molecular weight excluding hydrogens is 445 g/mol. The predicted molar refractivity (Wildman–Crippen MR) is 107 cm³/mol. The number of ether oxygens (including phenoxy) is 1. The van der Waals surface area contributed by atoms with E-state index in [9.17, 15) is 26.4 Å². The van der Waals surface area contributed by atoms with Crippen molar-refractivity contribution in [3.63, 3.8) is 0 Å². The van der Waals surface area contributed by atoms with Crippen LogP contribution >= 0.6 is 11.6 Å². The van der Waals surface area contributed by atoms with Gasteiger partial charge in [-0.2, -0.15) is 13.2 Å². The Kier molecular flexibility index (Phi) is 7.38. The zero-order valence-electron chi connectivity index (χ0n) is 16.3. The quantitative estimate of drug-likeness (QED) is 0.637. The van der Waals surface area contributed by atoms with E-state index in [1.165, 1.54) is 24.3 Å². The largest absolute Gasteiger partial charge is 0.483 e. The van der Waals surface area contributed by atoms with Gasteiger partial charge >= 0.3 is 6.18 Å². The summed E-state index contributed by atoms with van der Waals surface area (Å²) in [6.45, 7) is 4.51. The third-order valence-electron chi connectivity index (χ3n) is 3.76. The van der Waals surface area contributed by atoms with Crippen molar-refractivity contribution in [2.45, 2.75) is 37.9 Å². The number of hydrogen-bond donors (Lipinski definition) is 2. The average Bonchev–Trinajstić information content (AvgIpc) is 2.60. The number of nitrogens with one attached hydrogen (secondary N) is 2. The first kappa shape index (κ1) is 24.0. The van der Waals surface area contributed by atoms with Gasteiger partial charge in [0.15, 0.2) is 6.61 Å². The molecule has 1 amide bonds. The van der Waals surface area contributed by atoms with Crippen molar-refractivity contribution in [3.8, 4) is 5.75 Å². The molecule has 2 aromatic rings. The number of sulfonamides is 1. The molecule has 0 saturated carbocycles. The number of carbonyl (C=O) groups is 1. The summed E-state index contributed by atoms with van der Waals surface area (Å²) >= 11 is 5.54. The number of aryl methyl sites for hydroxylation is 1. The summed E-state index contributed by atoms with van der Waals surface area (Å²) in [6, 6.07) is 6.86. The zero-order chi connectivity index (χ0) is 22.7. The van der Waals surface area contributed by atoms with Gasteiger partial charge in [0.25, 0.3) is 5.91 Å². The van der Waals surface area contributed by atoms with Crippen molar-refractivity contribution < 1.29 is 31.1 Å². The van der Waals surface area contributed by atoms with E-state index in [0.29, 0.717) is 5.56 Å². The number of carbonyl (C=O) groups excluding carboxylic acids is 1. The molecule has 0 saturated heterocycles. The highest BCUT2D eigenvalue weighted by molar-refractivity contribution is 7.89. The van der Waals surface area contributed by atoms with Crippen LogP contribution in [-0.2, 0) is 21.0 Å². The van der Waals surface area contributed by atoms with Gasteiger partial charge in [0, 0.05) is 11.7 Å². The van der Waals surface area contributed by atoms with Gasteiger partial charge in [-0.25, -0.2) is 13.1 Å². The summed E-state index contributed by atoms with van der Waals surface area (Å²) in [5.41, 5.74) is -0.677. The summed E-state index contributed by atoms with van der Waals surface area (Å²) in [6.07, 6.45) is -4.65. The van der Waals surface area contributed by atoms with Crippen LogP contribution in [0.3, 0.4) is 0 Å². The molecule has 2 aromatic carbocycles. The second-order valence-corrected chi connectivity index (χ2v) is 8.85. The molecule has 0 radical (unpaired) electrons. The maximum atomic E-state index is 12.9. The maximum Gasteiger partial charge on any atom is 0.417 e. The fourth-order valence-electron chi connectivity index (χ4n) is 2.49. The first-order valence-electron chi connectivity index (χ1n) is 8.72. The van der Waals surface area contributed by atoms with E-state index in [1.54, 1.807) is 20.8 Å². The lowest BCUT2D eigenvalue weighted by Gasteiger charge is -2.14. The monoisotopic (exact) mass is 464 g/mol. The Morgan fingerprint density at radius 3 is 2.40 bits per heavy atom. The minimum absolute atomic E-state index is 0.0475. The van der Waals surface area contributed by atoms with Crippen LogP contribution in [0.4, 0.5) is 18.9 Å². The van der Waals surface area contributed by atoms with Gasteiger partial charge in [0.05, 0.1) is 15.5 Å². The fraction of sp³-hybridized carbons (Fsp3) is 0.316. The smallest absolute Gasteiger partial charge is 0.417 e. The molecule has 6 nitrogen and oxygen atoms in total. The summed E-state index contributed by atoms with van der Waals surface area (Å²) in [4.78, 5) is 12.1. The highest BCUT2D eigenvalue weighted by Gasteiger charge is 2.33. The fourth-order valence-corrected chi connectivity index (χ4v) is 4.05. The van der Waals surface area contributed by atoms with Crippen LogP contribution in [0.5, 0.6) is 5.75 Å². The molecule has 2 N–H and O–H groups in total. The van der Waals surface area contributed by atoms with E-state index in [1.807, 2.05) is 0 Å². The maximum absolute atomic E-state index is 12.9. The first-order chi connectivity index (χ1) is 13.8. The molecule has 11 heteroatoms. The van der Waals surface area contributed by atoms with Crippen LogP contribution in [0.2, 0.25) is 5.02 Å². The molecule has 0 spiro atoms. The first-order valence-corrected chi connectivity index (χ1v) is 10.6. The Bertz CT molecular complexity index is 1040. The lowest BCUT2D eigenvalue weighted by atomic mass is 10.2. The van der Waals surface area contributed by atoms with Crippen LogP contribution in [0.15, 0.2) is 41.3 Å². The molecule has 0 heterocycles. The van der Waals surface area contributed by atoms with Crippen LogP contribution in [0.25, 0.3) is 0 Å². The van der Waals surface area contributed by atoms with Crippen LogP contribution in [0.1, 0.15) is 25.0 Å². The van der Waals surface area contributed by atoms with E-state index >= 15 is 0 Å². The number of benzene rings is 2. The summed E-state index contributed by atoms with van der Waals surface area (Å²) in [5, 5.41) is 1.82. The summed E-state index contributed by atoms with van der Waals surface area (Å²) in [7, 11) is -3.68. The lowest BCUT2D eigenvalue weighted by molar-refractivity contribution is -0.137. The molecule has 0 fully saturated rings. The van der Waals surface area contributed by atoms with E-state index in [0.717, 1.165) is 12.1 Å². The Hall–Kier alpha value is -2.30. The number of rotatable bonds is 7. The third kappa shape index (κ3) is 6.35. The van der Waals surface area contributed by atoms with Gasteiger partial charge in [-0.05, 0) is 62.7 Å². The summed E-state index contributed by atoms with van der Waals surface area (Å²) < 4.78 is 70.9. The summed E-state index contributed by atoms with van der Waals surface area (Å²) in [5.74, 6) is -0.427. The number of alkyl halides is 3. The van der Waals surface area contributed by atoms with Crippen molar-refractivity contribution in [1.82, 2.24) is 4.72 Å². The van der Waals surface area contributed by atoms with Crippen molar-refractivity contribution >= 4 is 33.2 Å². The number of hydrogen-bond acceptors (Lipinski definition) is 4. The normalized spacial score (nSPS) is 12.1. The van der Waals surface area contributed by atoms with Gasteiger partial charge < -0.3 is 10.1 Å². The van der Waals surface area contributed by atoms with Gasteiger partial charge in [0.2, 0.25) is 10.0 Å². The highest BCUT2D eigenvalue weighted by atomic mass is 35.5. The Labute approximate surface area is 177 Å². The van der Waals surface area contributed by atoms with E-state index < -0.39 is 39.3 Å². The van der Waals surface area contributed by atoms with Gasteiger partial charge in [-0.1, -0.05) is 11.6 Å². The minimum atomic E-state index is -4.65. The minimum Gasteiger partial charge on any atom is -0.483 e. The Balaban J connectivity index is 2.05. The molecule has 0 unspecified atom stereocenters. The second kappa shape index (κ2) is 9.23. The zero-order valence-corrected chi connectivity index (χ0v) is 17.9. The standard InChI is InChI=1S/C19H20ClF3N2O4S/c1-11(2)25-30(27,28)14-5-7-17(12(3)8-14)29-10-18(26)24-13-4-6-16(20)15(9-13)19(21,22)23/h4-9,11,25H,10H2,1-3H3,(H,24,26). The molecule has 30 heavy (non-hydrogen) atoms. The highest BCUT2D eigenvalue weighted by Crippen LogP contribution is 2.36. The van der Waals surface area contributed by atoms with Gasteiger partial charge in [-0.3, -0.25) is 4.79 Å². The number of amides is 1. The molecule has 0 bridgehead atoms. The van der Waals surface area contributed by atoms with Crippen molar-refractivity contribution in [2.75, 3.05) is 11.9 Å². The molecule has 164 valence electrons. The molecule has 0 aliphatic carbocycles. The Morgan fingerprint density at radius 2 is 1.83 bits per heavy atom. The van der Waals surface area contributed by atoms with Crippen LogP contribution in [0, 0.1) is 6.92 Å². The van der Waals surface area contributed by atoms with E-state index in [2.05, 4.69) is 10.0 Å². The van der Waals surface area contributed by atoms with Crippen LogP contribution in [-0.4, -0.2) is 27.0 Å². The van der Waals surface area contributed by atoms with Crippen molar-refractivity contribution in [1.29, 1.82) is 0 Å². The number of halogens is 4. The average molecular weight is 465 g/mol. The molecule has 2 rings (SSSR count). The second-order valence-electron chi connectivity index (χ2n) is 6.73. The molecule has 0 aromatic heterocycles. The molecule has 0 aliphatic heterocycles. The SMILES string of the molecule is Cc1cc(S(=O)(=O)NC(C)C)ccc1OCC(=O)Nc1ccc(Cl)c(C(F)(F)F)c1. The van der Waals surface area contributed by atoms with Crippen molar-refractivity contribution in [3.05, 3.63) is 52.5 Å². The molecular formula is C19H20ClF3N2O4S. The lowest BCUT2D eigenvalue weighted by Crippen LogP contribution is -2.30. The third-order valence-corrected chi connectivity index (χ3v) is 5.75. The number of anilines is 1. The van der Waals surface area contributed by atoms with Crippen LogP contribution < -0.4 is 14.8 Å². The van der Waals surface area contributed by atoms with E-state index in [-0.39, 0.29) is 22.4 Å².